The quantitative estimate of drug-likeness (QED) is 0.700. The van der Waals surface area contributed by atoms with Gasteiger partial charge in [0.25, 0.3) is 0 Å². The molecule has 0 spiro atoms. The minimum atomic E-state index is -0.635. The van der Waals surface area contributed by atoms with Crippen molar-refractivity contribution >= 4 is 34.5 Å². The summed E-state index contributed by atoms with van der Waals surface area (Å²) >= 11 is 2.95. The first-order chi connectivity index (χ1) is 12.1. The molecule has 5 nitrogen and oxygen atoms in total. The molecule has 0 bridgehead atoms. The normalized spacial score (nSPS) is 16.4. The molecule has 0 radical (unpaired) electrons. The molecule has 0 aromatic carbocycles. The van der Waals surface area contributed by atoms with E-state index in [1.807, 2.05) is 29.6 Å². The third-order valence-corrected chi connectivity index (χ3v) is 6.40. The van der Waals surface area contributed by atoms with Gasteiger partial charge in [-0.05, 0) is 36.4 Å². The Morgan fingerprint density at radius 3 is 2.64 bits per heavy atom. The van der Waals surface area contributed by atoms with Gasteiger partial charge in [0.15, 0.2) is 0 Å². The molecular weight excluding hydrogens is 356 g/mol. The zero-order valence-electron chi connectivity index (χ0n) is 13.9. The zero-order chi connectivity index (χ0) is 17.6. The van der Waals surface area contributed by atoms with E-state index >= 15 is 0 Å². The van der Waals surface area contributed by atoms with Crippen molar-refractivity contribution < 1.29 is 14.7 Å². The minimum Gasteiger partial charge on any atom is -0.382 e. The monoisotopic (exact) mass is 378 g/mol. The second kappa shape index (κ2) is 8.60. The van der Waals surface area contributed by atoms with Crippen LogP contribution in [0.15, 0.2) is 29.6 Å². The number of amides is 2. The zero-order valence-corrected chi connectivity index (χ0v) is 15.5. The molecule has 0 saturated heterocycles. The molecule has 0 aliphatic heterocycles. The predicted molar refractivity (Wildman–Crippen MR) is 99.6 cm³/mol. The largest absolute Gasteiger partial charge is 0.382 e. The van der Waals surface area contributed by atoms with Crippen LogP contribution in [0.3, 0.4) is 0 Å². The van der Waals surface area contributed by atoms with Crippen LogP contribution in [0.4, 0.5) is 0 Å². The van der Waals surface area contributed by atoms with Gasteiger partial charge < -0.3 is 15.7 Å². The first-order valence-electron chi connectivity index (χ1n) is 8.52. The predicted octanol–water partition coefficient (Wildman–Crippen LogP) is 2.96. The number of hydrogen-bond acceptors (Lipinski definition) is 5. The molecule has 1 saturated carbocycles. The lowest BCUT2D eigenvalue weighted by Gasteiger charge is -2.22. The van der Waals surface area contributed by atoms with Gasteiger partial charge in [0, 0.05) is 20.7 Å². The first-order valence-corrected chi connectivity index (χ1v) is 10.2. The molecule has 2 amide bonds. The molecular formula is C18H22N2O3S2. The highest BCUT2D eigenvalue weighted by molar-refractivity contribution is 7.12. The molecule has 25 heavy (non-hydrogen) atoms. The highest BCUT2D eigenvalue weighted by Crippen LogP contribution is 2.30. The molecule has 134 valence electrons. The third-order valence-electron chi connectivity index (χ3n) is 4.33. The molecule has 1 aliphatic rings. The van der Waals surface area contributed by atoms with Gasteiger partial charge >= 0.3 is 11.8 Å². The van der Waals surface area contributed by atoms with Crippen LogP contribution >= 0.6 is 22.7 Å². The summed E-state index contributed by atoms with van der Waals surface area (Å²) in [7, 11) is 0. The number of aliphatic hydroxyl groups excluding tert-OH is 1. The Hall–Kier alpha value is -1.70. The van der Waals surface area contributed by atoms with Crippen LogP contribution in [0.25, 0.3) is 0 Å². The van der Waals surface area contributed by atoms with Crippen molar-refractivity contribution in [1.82, 2.24) is 10.6 Å². The Labute approximate surface area is 155 Å². The molecule has 2 aromatic heterocycles. The Bertz CT molecular complexity index is 706. The Kier molecular flexibility index (Phi) is 6.23. The SMILES string of the molecule is O=C(NCc1ccc(C(O)c2cccs2)s1)C(=O)NC1CCCCC1. The molecule has 2 aromatic rings. The van der Waals surface area contributed by atoms with E-state index in [4.69, 9.17) is 0 Å². The summed E-state index contributed by atoms with van der Waals surface area (Å²) in [5.74, 6) is -1.15. The van der Waals surface area contributed by atoms with E-state index in [1.54, 1.807) is 0 Å². The molecule has 1 fully saturated rings. The van der Waals surface area contributed by atoms with Crippen molar-refractivity contribution in [3.63, 3.8) is 0 Å². The second-order valence-corrected chi connectivity index (χ2v) is 8.39. The molecule has 1 atom stereocenters. The lowest BCUT2D eigenvalue weighted by Crippen LogP contribution is -2.44. The molecule has 3 rings (SSSR count). The molecule has 7 heteroatoms. The van der Waals surface area contributed by atoms with E-state index in [9.17, 15) is 14.7 Å². The number of nitrogens with one attached hydrogen (secondary N) is 2. The summed E-state index contributed by atoms with van der Waals surface area (Å²) in [6.07, 6.45) is 4.69. The Morgan fingerprint density at radius 2 is 1.92 bits per heavy atom. The highest BCUT2D eigenvalue weighted by atomic mass is 32.1. The number of carbonyl (C=O) groups is 2. The molecule has 1 unspecified atom stereocenters. The Balaban J connectivity index is 1.48. The van der Waals surface area contributed by atoms with E-state index in [2.05, 4.69) is 10.6 Å². The van der Waals surface area contributed by atoms with Gasteiger partial charge in [0.1, 0.15) is 6.10 Å². The van der Waals surface area contributed by atoms with Gasteiger partial charge in [-0.3, -0.25) is 9.59 Å². The van der Waals surface area contributed by atoms with Crippen LogP contribution in [0.1, 0.15) is 52.8 Å². The van der Waals surface area contributed by atoms with Crippen LogP contribution in [-0.4, -0.2) is 23.0 Å². The first kappa shape index (κ1) is 18.1. The van der Waals surface area contributed by atoms with E-state index in [0.717, 1.165) is 40.3 Å². The van der Waals surface area contributed by atoms with Gasteiger partial charge in [-0.1, -0.05) is 25.3 Å². The van der Waals surface area contributed by atoms with Gasteiger partial charge in [0.05, 0.1) is 6.54 Å². The lowest BCUT2D eigenvalue weighted by atomic mass is 9.95. The van der Waals surface area contributed by atoms with Gasteiger partial charge in [-0.15, -0.1) is 22.7 Å². The van der Waals surface area contributed by atoms with Crippen LogP contribution in [0, 0.1) is 0 Å². The number of thiophene rings is 2. The van der Waals surface area contributed by atoms with Gasteiger partial charge in [-0.2, -0.15) is 0 Å². The topological polar surface area (TPSA) is 78.4 Å². The van der Waals surface area contributed by atoms with Crippen molar-refractivity contribution in [2.45, 2.75) is 50.8 Å². The maximum absolute atomic E-state index is 12.0. The maximum atomic E-state index is 12.0. The fraction of sp³-hybridized carbons (Fsp3) is 0.444. The van der Waals surface area contributed by atoms with Gasteiger partial charge in [0.2, 0.25) is 0 Å². The summed E-state index contributed by atoms with van der Waals surface area (Å²) in [5, 5.41) is 17.7. The van der Waals surface area contributed by atoms with Crippen LogP contribution in [0.2, 0.25) is 0 Å². The highest BCUT2D eigenvalue weighted by Gasteiger charge is 2.20. The van der Waals surface area contributed by atoms with Crippen molar-refractivity contribution in [1.29, 1.82) is 0 Å². The average Bonchev–Trinajstić information content (AvgIpc) is 3.32. The van der Waals surface area contributed by atoms with Crippen molar-refractivity contribution in [2.24, 2.45) is 0 Å². The molecule has 2 heterocycles. The van der Waals surface area contributed by atoms with Crippen molar-refractivity contribution in [2.75, 3.05) is 0 Å². The van der Waals surface area contributed by atoms with Gasteiger partial charge in [-0.25, -0.2) is 0 Å². The third kappa shape index (κ3) is 4.90. The second-order valence-electron chi connectivity index (χ2n) is 6.21. The Morgan fingerprint density at radius 1 is 1.12 bits per heavy atom. The number of carbonyl (C=O) groups excluding carboxylic acids is 2. The average molecular weight is 379 g/mol. The minimum absolute atomic E-state index is 0.126. The van der Waals surface area contributed by atoms with E-state index in [0.29, 0.717) is 6.54 Å². The maximum Gasteiger partial charge on any atom is 0.309 e. The van der Waals surface area contributed by atoms with E-state index in [-0.39, 0.29) is 6.04 Å². The number of aliphatic hydroxyl groups is 1. The standard InChI is InChI=1S/C18H22N2O3S2/c21-16(14-7-4-10-24-14)15-9-8-13(25-15)11-19-17(22)18(23)20-12-5-2-1-3-6-12/h4,7-10,12,16,21H,1-3,5-6,11H2,(H,19,22)(H,20,23). The molecule has 1 aliphatic carbocycles. The summed E-state index contributed by atoms with van der Waals surface area (Å²) in [5.41, 5.74) is 0. The fourth-order valence-corrected chi connectivity index (χ4v) is 4.73. The van der Waals surface area contributed by atoms with Crippen LogP contribution < -0.4 is 10.6 Å². The number of hydrogen-bond donors (Lipinski definition) is 3. The summed E-state index contributed by atoms with van der Waals surface area (Å²) in [4.78, 5) is 26.5. The summed E-state index contributed by atoms with van der Waals surface area (Å²) < 4.78 is 0. The van der Waals surface area contributed by atoms with Crippen molar-refractivity contribution in [3.05, 3.63) is 44.3 Å². The smallest absolute Gasteiger partial charge is 0.309 e. The summed E-state index contributed by atoms with van der Waals surface area (Å²) in [6.45, 7) is 0.290. The van der Waals surface area contributed by atoms with Crippen LogP contribution in [0.5, 0.6) is 0 Å². The number of rotatable bonds is 5. The van der Waals surface area contributed by atoms with Crippen molar-refractivity contribution in [3.8, 4) is 0 Å². The van der Waals surface area contributed by atoms with Crippen LogP contribution in [-0.2, 0) is 16.1 Å². The lowest BCUT2D eigenvalue weighted by molar-refractivity contribution is -0.139. The van der Waals surface area contributed by atoms with E-state index in [1.165, 1.54) is 29.1 Å². The fourth-order valence-electron chi connectivity index (χ4n) is 2.97. The van der Waals surface area contributed by atoms with E-state index < -0.39 is 17.9 Å². The molecule has 3 N–H and O–H groups in total. The summed E-state index contributed by atoms with van der Waals surface area (Å²) in [6, 6.07) is 7.66.